The first-order valence-electron chi connectivity index (χ1n) is 6.44. The fourth-order valence-electron chi connectivity index (χ4n) is 1.77. The van der Waals surface area contributed by atoms with Gasteiger partial charge in [0, 0.05) is 34.1 Å². The Morgan fingerprint density at radius 1 is 1.43 bits per heavy atom. The number of aromatic nitrogens is 2. The third kappa shape index (κ3) is 4.76. The van der Waals surface area contributed by atoms with Crippen molar-refractivity contribution in [1.29, 1.82) is 0 Å². The molecule has 2 aromatic rings. The molecule has 1 unspecified atom stereocenters. The molecule has 0 fully saturated rings. The molecule has 0 aliphatic carbocycles. The smallest absolute Gasteiger partial charge is 0.212 e. The summed E-state index contributed by atoms with van der Waals surface area (Å²) in [5.41, 5.74) is 7.29. The number of benzene rings is 1. The second kappa shape index (κ2) is 6.97. The van der Waals surface area contributed by atoms with Gasteiger partial charge in [0.15, 0.2) is 0 Å². The molecule has 0 saturated heterocycles. The van der Waals surface area contributed by atoms with Crippen LogP contribution in [0.2, 0.25) is 0 Å². The summed E-state index contributed by atoms with van der Waals surface area (Å²) in [6.07, 6.45) is 3.28. The average Bonchev–Trinajstić information content (AvgIpc) is 2.94. The number of nitrogens with two attached hydrogens (primary N) is 1. The molecule has 114 valence electrons. The van der Waals surface area contributed by atoms with Gasteiger partial charge in [-0.2, -0.15) is 5.10 Å². The number of hydrogen-bond donors (Lipinski definition) is 3. The molecule has 0 spiro atoms. The zero-order valence-electron chi connectivity index (χ0n) is 11.6. The molecule has 1 aromatic heterocycles. The Balaban J connectivity index is 1.86. The molecule has 21 heavy (non-hydrogen) atoms. The third-order valence-electron chi connectivity index (χ3n) is 2.90. The van der Waals surface area contributed by atoms with Crippen molar-refractivity contribution in [3.05, 3.63) is 42.2 Å². The summed E-state index contributed by atoms with van der Waals surface area (Å²) < 4.78 is 26.7. The molecule has 0 saturated carbocycles. The second-order valence-corrected chi connectivity index (χ2v) is 7.59. The molecule has 1 heterocycles. The van der Waals surface area contributed by atoms with Gasteiger partial charge in [-0.1, -0.05) is 12.1 Å². The number of nitrogen functional groups attached to an aromatic ring is 1. The lowest BCUT2D eigenvalue weighted by atomic mass is 10.2. The van der Waals surface area contributed by atoms with Gasteiger partial charge < -0.3 is 5.73 Å². The van der Waals surface area contributed by atoms with E-state index in [1.54, 1.807) is 25.4 Å². The highest BCUT2D eigenvalue weighted by atomic mass is 32.2. The summed E-state index contributed by atoms with van der Waals surface area (Å²) in [6.45, 7) is 1.78. The van der Waals surface area contributed by atoms with E-state index < -0.39 is 10.0 Å². The summed E-state index contributed by atoms with van der Waals surface area (Å²) in [4.78, 5) is 0.899. The third-order valence-corrected chi connectivity index (χ3v) is 5.71. The SMILES string of the molecule is CC(NS(=O)(=O)CCSc1ccccc1N)c1cn[nH]c1. The highest BCUT2D eigenvalue weighted by Gasteiger charge is 2.16. The van der Waals surface area contributed by atoms with Gasteiger partial charge in [0.1, 0.15) is 0 Å². The van der Waals surface area contributed by atoms with Crippen LogP contribution < -0.4 is 10.5 Å². The maximum atomic E-state index is 12.0. The van der Waals surface area contributed by atoms with Gasteiger partial charge in [-0.25, -0.2) is 13.1 Å². The fourth-order valence-corrected chi connectivity index (χ4v) is 4.40. The number of thioether (sulfide) groups is 1. The van der Waals surface area contributed by atoms with E-state index in [1.807, 2.05) is 18.2 Å². The first-order chi connectivity index (χ1) is 9.98. The van der Waals surface area contributed by atoms with Gasteiger partial charge in [-0.15, -0.1) is 11.8 Å². The van der Waals surface area contributed by atoms with Crippen molar-refractivity contribution in [2.75, 3.05) is 17.2 Å². The Labute approximate surface area is 128 Å². The van der Waals surface area contributed by atoms with Crippen LogP contribution in [0.5, 0.6) is 0 Å². The van der Waals surface area contributed by atoms with Crippen molar-refractivity contribution in [3.8, 4) is 0 Å². The first kappa shape index (κ1) is 15.9. The Kier molecular flexibility index (Phi) is 5.27. The van der Waals surface area contributed by atoms with Crippen LogP contribution >= 0.6 is 11.8 Å². The van der Waals surface area contributed by atoms with Gasteiger partial charge in [0.05, 0.1) is 11.9 Å². The molecule has 1 aromatic carbocycles. The summed E-state index contributed by atoms with van der Waals surface area (Å²) in [6, 6.07) is 7.11. The van der Waals surface area contributed by atoms with Crippen molar-refractivity contribution in [2.45, 2.75) is 17.9 Å². The van der Waals surface area contributed by atoms with E-state index in [9.17, 15) is 8.42 Å². The molecule has 0 aliphatic heterocycles. The molecule has 1 atom stereocenters. The number of aromatic amines is 1. The fraction of sp³-hybridized carbons (Fsp3) is 0.308. The predicted molar refractivity (Wildman–Crippen MR) is 85.5 cm³/mol. The molecule has 0 amide bonds. The van der Waals surface area contributed by atoms with Crippen molar-refractivity contribution in [2.24, 2.45) is 0 Å². The lowest BCUT2D eigenvalue weighted by Gasteiger charge is -2.12. The number of rotatable bonds is 7. The Bertz CT molecular complexity index is 671. The van der Waals surface area contributed by atoms with Crippen LogP contribution in [0.25, 0.3) is 0 Å². The highest BCUT2D eigenvalue weighted by Crippen LogP contribution is 2.24. The van der Waals surface area contributed by atoms with Crippen LogP contribution in [0.15, 0.2) is 41.6 Å². The zero-order valence-corrected chi connectivity index (χ0v) is 13.2. The second-order valence-electron chi connectivity index (χ2n) is 4.58. The monoisotopic (exact) mass is 326 g/mol. The van der Waals surface area contributed by atoms with Crippen LogP contribution in [0, 0.1) is 0 Å². The Hall–Kier alpha value is -1.51. The lowest BCUT2D eigenvalue weighted by Crippen LogP contribution is -2.29. The van der Waals surface area contributed by atoms with Gasteiger partial charge in [0.2, 0.25) is 10.0 Å². The molecule has 0 radical (unpaired) electrons. The molecule has 4 N–H and O–H groups in total. The van der Waals surface area contributed by atoms with Crippen molar-refractivity contribution in [3.63, 3.8) is 0 Å². The molecule has 0 bridgehead atoms. The van der Waals surface area contributed by atoms with Gasteiger partial charge >= 0.3 is 0 Å². The number of nitrogens with zero attached hydrogens (tertiary/aromatic N) is 1. The normalized spacial score (nSPS) is 13.2. The van der Waals surface area contributed by atoms with E-state index in [-0.39, 0.29) is 11.8 Å². The Morgan fingerprint density at radius 3 is 2.86 bits per heavy atom. The van der Waals surface area contributed by atoms with Gasteiger partial charge in [-0.05, 0) is 19.1 Å². The summed E-state index contributed by atoms with van der Waals surface area (Å²) >= 11 is 1.44. The molecule has 2 rings (SSSR count). The minimum atomic E-state index is -3.34. The minimum absolute atomic E-state index is 0.0359. The van der Waals surface area contributed by atoms with Gasteiger partial charge in [-0.3, -0.25) is 5.10 Å². The molecular weight excluding hydrogens is 308 g/mol. The van der Waals surface area contributed by atoms with Crippen LogP contribution in [0.3, 0.4) is 0 Å². The van der Waals surface area contributed by atoms with Crippen LogP contribution in [-0.4, -0.2) is 30.1 Å². The number of hydrogen-bond acceptors (Lipinski definition) is 5. The van der Waals surface area contributed by atoms with E-state index in [0.29, 0.717) is 11.4 Å². The number of nitrogens with one attached hydrogen (secondary N) is 2. The van der Waals surface area contributed by atoms with Crippen molar-refractivity contribution in [1.82, 2.24) is 14.9 Å². The number of anilines is 1. The number of para-hydroxylation sites is 1. The predicted octanol–water partition coefficient (Wildman–Crippen LogP) is 1.76. The number of H-pyrrole nitrogens is 1. The van der Waals surface area contributed by atoms with E-state index >= 15 is 0 Å². The lowest BCUT2D eigenvalue weighted by molar-refractivity contribution is 0.568. The maximum Gasteiger partial charge on any atom is 0.212 e. The standard InChI is InChI=1S/C13H18N4O2S2/c1-10(11-8-15-16-9-11)17-21(18,19)7-6-20-13-5-3-2-4-12(13)14/h2-5,8-10,17H,6-7,14H2,1H3,(H,15,16). The first-order valence-corrected chi connectivity index (χ1v) is 9.08. The van der Waals surface area contributed by atoms with Crippen molar-refractivity contribution < 1.29 is 8.42 Å². The highest BCUT2D eigenvalue weighted by molar-refractivity contribution is 8.00. The van der Waals surface area contributed by atoms with Gasteiger partial charge in [0.25, 0.3) is 0 Å². The molecule has 8 heteroatoms. The molecular formula is C13H18N4O2S2. The maximum absolute atomic E-state index is 12.0. The van der Waals surface area contributed by atoms with Crippen LogP contribution in [0.4, 0.5) is 5.69 Å². The van der Waals surface area contributed by atoms with Crippen LogP contribution in [-0.2, 0) is 10.0 Å². The van der Waals surface area contributed by atoms with E-state index in [2.05, 4.69) is 14.9 Å². The molecule has 0 aliphatic rings. The minimum Gasteiger partial charge on any atom is -0.398 e. The molecule has 6 nitrogen and oxygen atoms in total. The topological polar surface area (TPSA) is 101 Å². The zero-order chi connectivity index (χ0) is 15.3. The number of sulfonamides is 1. The average molecular weight is 326 g/mol. The quantitative estimate of drug-likeness (QED) is 0.532. The van der Waals surface area contributed by atoms with Crippen LogP contribution in [0.1, 0.15) is 18.5 Å². The van der Waals surface area contributed by atoms with Crippen molar-refractivity contribution >= 4 is 27.5 Å². The summed E-state index contributed by atoms with van der Waals surface area (Å²) in [5, 5.41) is 6.47. The Morgan fingerprint density at radius 2 is 2.19 bits per heavy atom. The summed E-state index contributed by atoms with van der Waals surface area (Å²) in [5.74, 6) is 0.482. The largest absolute Gasteiger partial charge is 0.398 e. The van der Waals surface area contributed by atoms with E-state index in [4.69, 9.17) is 5.73 Å². The summed E-state index contributed by atoms with van der Waals surface area (Å²) in [7, 11) is -3.34. The van der Waals surface area contributed by atoms with E-state index in [1.165, 1.54) is 11.8 Å². The van der Waals surface area contributed by atoms with E-state index in [0.717, 1.165) is 10.5 Å².